The Morgan fingerprint density at radius 1 is 1.11 bits per heavy atom. The highest BCUT2D eigenvalue weighted by molar-refractivity contribution is 6.34. The van der Waals surface area contributed by atoms with Crippen molar-refractivity contribution in [3.8, 4) is 0 Å². The van der Waals surface area contributed by atoms with Crippen molar-refractivity contribution < 1.29 is 24.6 Å². The third-order valence-electron chi connectivity index (χ3n) is 1.95. The molecule has 7 nitrogen and oxygen atoms in total. The Hall–Kier alpha value is -1.86. The molecule has 9 heteroatoms. The van der Waals surface area contributed by atoms with Gasteiger partial charge in [-0.15, -0.1) is 0 Å². The first-order chi connectivity index (χ1) is 8.81. The molecule has 0 radical (unpaired) electrons. The SMILES string of the molecule is O=C(O)CN(CC(=O)O)C(=O)c1nc(Cl)ccc1Cl. The quantitative estimate of drug-likeness (QED) is 0.786. The molecule has 0 aliphatic heterocycles. The Kier molecular flexibility index (Phi) is 5.08. The maximum Gasteiger partial charge on any atom is 0.323 e. The number of amides is 1. The number of carbonyl (C=O) groups is 3. The van der Waals surface area contributed by atoms with Gasteiger partial charge in [-0.2, -0.15) is 0 Å². The van der Waals surface area contributed by atoms with Crippen LogP contribution in [0.25, 0.3) is 0 Å². The molecule has 0 aliphatic carbocycles. The lowest BCUT2D eigenvalue weighted by Gasteiger charge is -2.18. The van der Waals surface area contributed by atoms with Crippen LogP contribution >= 0.6 is 23.2 Å². The number of nitrogens with zero attached hydrogens (tertiary/aromatic N) is 2. The summed E-state index contributed by atoms with van der Waals surface area (Å²) in [4.78, 5) is 37.5. The minimum Gasteiger partial charge on any atom is -0.480 e. The van der Waals surface area contributed by atoms with Crippen molar-refractivity contribution in [3.63, 3.8) is 0 Å². The van der Waals surface area contributed by atoms with Crippen molar-refractivity contribution in [2.45, 2.75) is 0 Å². The molecule has 0 saturated carbocycles. The Balaban J connectivity index is 3.07. The summed E-state index contributed by atoms with van der Waals surface area (Å²) in [6.07, 6.45) is 0. The molecule has 1 aromatic heterocycles. The summed E-state index contributed by atoms with van der Waals surface area (Å²) in [6.45, 7) is -1.56. The number of hydrogen-bond donors (Lipinski definition) is 2. The van der Waals surface area contributed by atoms with E-state index < -0.39 is 30.9 Å². The topological polar surface area (TPSA) is 108 Å². The number of rotatable bonds is 5. The van der Waals surface area contributed by atoms with Crippen molar-refractivity contribution in [1.82, 2.24) is 9.88 Å². The molecular formula is C10H8Cl2N2O5. The van der Waals surface area contributed by atoms with Gasteiger partial charge >= 0.3 is 11.9 Å². The molecule has 0 bridgehead atoms. The molecule has 1 rings (SSSR count). The lowest BCUT2D eigenvalue weighted by molar-refractivity contribution is -0.140. The molecule has 1 aromatic rings. The van der Waals surface area contributed by atoms with E-state index in [1.807, 2.05) is 0 Å². The molecule has 1 heterocycles. The number of hydrogen-bond acceptors (Lipinski definition) is 4. The van der Waals surface area contributed by atoms with E-state index in [4.69, 9.17) is 33.4 Å². The number of aromatic nitrogens is 1. The molecule has 0 aliphatic rings. The molecule has 0 atom stereocenters. The molecular weight excluding hydrogens is 299 g/mol. The summed E-state index contributed by atoms with van der Waals surface area (Å²) in [7, 11) is 0. The summed E-state index contributed by atoms with van der Waals surface area (Å²) in [5, 5.41) is 17.2. The largest absolute Gasteiger partial charge is 0.480 e. The van der Waals surface area contributed by atoms with Crippen molar-refractivity contribution in [1.29, 1.82) is 0 Å². The Labute approximate surface area is 117 Å². The van der Waals surface area contributed by atoms with Crippen LogP contribution in [0.1, 0.15) is 10.5 Å². The average Bonchev–Trinajstić information content (AvgIpc) is 2.29. The first-order valence-corrected chi connectivity index (χ1v) is 5.61. The molecule has 0 fully saturated rings. The molecule has 0 unspecified atom stereocenters. The van der Waals surface area contributed by atoms with Gasteiger partial charge in [0.2, 0.25) is 0 Å². The van der Waals surface area contributed by atoms with Crippen molar-refractivity contribution in [3.05, 3.63) is 28.0 Å². The number of halogens is 2. The number of carboxylic acids is 2. The highest BCUT2D eigenvalue weighted by atomic mass is 35.5. The minimum atomic E-state index is -1.35. The zero-order valence-corrected chi connectivity index (χ0v) is 10.9. The van der Waals surface area contributed by atoms with Gasteiger partial charge in [0.1, 0.15) is 23.9 Å². The van der Waals surface area contributed by atoms with E-state index in [-0.39, 0.29) is 15.9 Å². The second-order valence-electron chi connectivity index (χ2n) is 3.41. The van der Waals surface area contributed by atoms with Gasteiger partial charge in [-0.05, 0) is 12.1 Å². The van der Waals surface area contributed by atoms with Gasteiger partial charge < -0.3 is 15.1 Å². The number of carboxylic acid groups (broad SMARTS) is 2. The fourth-order valence-corrected chi connectivity index (χ4v) is 1.58. The Morgan fingerprint density at radius 3 is 2.11 bits per heavy atom. The third-order valence-corrected chi connectivity index (χ3v) is 2.47. The smallest absolute Gasteiger partial charge is 0.323 e. The summed E-state index contributed by atoms with van der Waals surface area (Å²) in [5.41, 5.74) is -0.295. The predicted molar refractivity (Wildman–Crippen MR) is 65.4 cm³/mol. The molecule has 102 valence electrons. The van der Waals surface area contributed by atoms with Crippen LogP contribution in [-0.4, -0.2) is 51.0 Å². The fourth-order valence-electron chi connectivity index (χ4n) is 1.24. The standard InChI is InChI=1S/C10H8Cl2N2O5/c11-5-1-2-6(12)13-9(5)10(19)14(3-7(15)16)4-8(17)18/h1-2H,3-4H2,(H,15,16)(H,17,18). The van der Waals surface area contributed by atoms with Crippen LogP contribution in [0.4, 0.5) is 0 Å². The van der Waals surface area contributed by atoms with E-state index >= 15 is 0 Å². The van der Waals surface area contributed by atoms with E-state index in [0.29, 0.717) is 4.90 Å². The monoisotopic (exact) mass is 306 g/mol. The average molecular weight is 307 g/mol. The van der Waals surface area contributed by atoms with Crippen LogP contribution < -0.4 is 0 Å². The molecule has 19 heavy (non-hydrogen) atoms. The van der Waals surface area contributed by atoms with Gasteiger partial charge in [0.25, 0.3) is 5.91 Å². The van der Waals surface area contributed by atoms with E-state index in [9.17, 15) is 14.4 Å². The van der Waals surface area contributed by atoms with E-state index in [1.54, 1.807) is 0 Å². The highest BCUT2D eigenvalue weighted by Crippen LogP contribution is 2.18. The van der Waals surface area contributed by atoms with Gasteiger partial charge in [0.05, 0.1) is 5.02 Å². The second kappa shape index (κ2) is 6.35. The maximum atomic E-state index is 12.0. The van der Waals surface area contributed by atoms with E-state index in [1.165, 1.54) is 12.1 Å². The Morgan fingerprint density at radius 2 is 1.63 bits per heavy atom. The lowest BCUT2D eigenvalue weighted by atomic mass is 10.3. The van der Waals surface area contributed by atoms with Crippen LogP contribution in [0.5, 0.6) is 0 Å². The van der Waals surface area contributed by atoms with Crippen LogP contribution in [0.3, 0.4) is 0 Å². The normalized spacial score (nSPS) is 10.0. The third kappa shape index (κ3) is 4.38. The van der Waals surface area contributed by atoms with Gasteiger partial charge in [-0.3, -0.25) is 14.4 Å². The first kappa shape index (κ1) is 15.2. The fraction of sp³-hybridized carbons (Fsp3) is 0.200. The van der Waals surface area contributed by atoms with Gasteiger partial charge in [0.15, 0.2) is 0 Å². The van der Waals surface area contributed by atoms with Crippen LogP contribution in [0, 0.1) is 0 Å². The maximum absolute atomic E-state index is 12.0. The van der Waals surface area contributed by atoms with Crippen molar-refractivity contribution in [2.75, 3.05) is 13.1 Å². The van der Waals surface area contributed by atoms with Crippen LogP contribution in [0.2, 0.25) is 10.2 Å². The summed E-state index contributed by atoms with van der Waals surface area (Å²) in [6, 6.07) is 2.66. The molecule has 1 amide bonds. The van der Waals surface area contributed by atoms with Crippen molar-refractivity contribution in [2.24, 2.45) is 0 Å². The minimum absolute atomic E-state index is 0.0154. The predicted octanol–water partition coefficient (Wildman–Crippen LogP) is 1.000. The summed E-state index contributed by atoms with van der Waals surface area (Å²) in [5.74, 6) is -3.63. The van der Waals surface area contributed by atoms with Gasteiger partial charge in [-0.25, -0.2) is 4.98 Å². The number of carbonyl (C=O) groups excluding carboxylic acids is 1. The lowest BCUT2D eigenvalue weighted by Crippen LogP contribution is -2.39. The summed E-state index contributed by atoms with van der Waals surface area (Å²) >= 11 is 11.3. The first-order valence-electron chi connectivity index (χ1n) is 4.86. The highest BCUT2D eigenvalue weighted by Gasteiger charge is 2.24. The molecule has 2 N–H and O–H groups in total. The van der Waals surface area contributed by atoms with Crippen molar-refractivity contribution >= 4 is 41.0 Å². The number of aliphatic carboxylic acids is 2. The van der Waals surface area contributed by atoms with E-state index in [2.05, 4.69) is 4.98 Å². The zero-order chi connectivity index (χ0) is 14.6. The molecule has 0 spiro atoms. The van der Waals surface area contributed by atoms with Gasteiger partial charge in [-0.1, -0.05) is 23.2 Å². The van der Waals surface area contributed by atoms with Crippen LogP contribution in [-0.2, 0) is 9.59 Å². The molecule has 0 aromatic carbocycles. The van der Waals surface area contributed by atoms with E-state index in [0.717, 1.165) is 0 Å². The molecule has 0 saturated heterocycles. The second-order valence-corrected chi connectivity index (χ2v) is 4.21. The summed E-state index contributed by atoms with van der Waals surface area (Å²) < 4.78 is 0. The number of pyridine rings is 1. The van der Waals surface area contributed by atoms with Crippen LogP contribution in [0.15, 0.2) is 12.1 Å². The van der Waals surface area contributed by atoms with Gasteiger partial charge in [0, 0.05) is 0 Å². The zero-order valence-electron chi connectivity index (χ0n) is 9.34. The Bertz CT molecular complexity index is 519.